The van der Waals surface area contributed by atoms with E-state index in [0.29, 0.717) is 11.3 Å². The molecule has 0 radical (unpaired) electrons. The van der Waals surface area contributed by atoms with Crippen LogP contribution in [-0.4, -0.2) is 19.4 Å². The molecular weight excluding hydrogens is 251 g/mol. The zero-order valence-electron chi connectivity index (χ0n) is 11.3. The van der Waals surface area contributed by atoms with Gasteiger partial charge in [-0.2, -0.15) is 0 Å². The Morgan fingerprint density at radius 1 is 1.12 bits per heavy atom. The molecule has 2 fully saturated rings. The van der Waals surface area contributed by atoms with Crippen molar-refractivity contribution in [3.8, 4) is 0 Å². The van der Waals surface area contributed by atoms with E-state index < -0.39 is 6.49 Å². The van der Waals surface area contributed by atoms with E-state index in [1.54, 1.807) is 0 Å². The van der Waals surface area contributed by atoms with Gasteiger partial charge in [0.1, 0.15) is 0 Å². The summed E-state index contributed by atoms with van der Waals surface area (Å²) in [4.78, 5) is 0. The highest BCUT2D eigenvalue weighted by molar-refractivity contribution is 8.09. The minimum atomic E-state index is -1.88. The molecule has 1 heterocycles. The van der Waals surface area contributed by atoms with Crippen molar-refractivity contribution in [1.82, 2.24) is 0 Å². The summed E-state index contributed by atoms with van der Waals surface area (Å²) < 4.78 is 11.7. The molecule has 1 saturated carbocycles. The van der Waals surface area contributed by atoms with Gasteiger partial charge in [0.25, 0.3) is 0 Å². The maximum absolute atomic E-state index is 5.84. The Hall–Kier alpha value is 0.570. The molecule has 1 aliphatic carbocycles. The Morgan fingerprint density at radius 2 is 1.65 bits per heavy atom. The molecule has 2 rings (SSSR count). The first kappa shape index (κ1) is 14.0. The predicted octanol–water partition coefficient (Wildman–Crippen LogP) is 4.20. The van der Waals surface area contributed by atoms with Crippen LogP contribution >= 0.6 is 6.49 Å². The van der Waals surface area contributed by atoms with Gasteiger partial charge in [-0.25, -0.2) is 0 Å². The van der Waals surface area contributed by atoms with Crippen LogP contribution < -0.4 is 0 Å². The van der Waals surface area contributed by atoms with Crippen molar-refractivity contribution in [3.05, 3.63) is 0 Å². The highest BCUT2D eigenvalue weighted by Gasteiger charge is 2.35. The van der Waals surface area contributed by atoms with Gasteiger partial charge in [0.15, 0.2) is 6.49 Å². The molecule has 0 aromatic heterocycles. The van der Waals surface area contributed by atoms with E-state index in [9.17, 15) is 0 Å². The second-order valence-electron chi connectivity index (χ2n) is 6.28. The van der Waals surface area contributed by atoms with Crippen LogP contribution in [0, 0.1) is 17.3 Å². The SMILES string of the molecule is CCP1(=S)OCC(C2CCC(C)(C)CC2)CO1. The topological polar surface area (TPSA) is 18.5 Å². The monoisotopic (exact) mass is 276 g/mol. The molecule has 2 aliphatic rings. The Balaban J connectivity index is 1.84. The first-order valence-corrected chi connectivity index (χ1v) is 9.65. The van der Waals surface area contributed by atoms with Gasteiger partial charge in [-0.15, -0.1) is 0 Å². The van der Waals surface area contributed by atoms with E-state index in [4.69, 9.17) is 20.9 Å². The number of rotatable bonds is 2. The molecule has 0 N–H and O–H groups in total. The molecular formula is C13H25O2PS. The van der Waals surface area contributed by atoms with Crippen LogP contribution in [-0.2, 0) is 20.9 Å². The van der Waals surface area contributed by atoms with Crippen LogP contribution in [0.3, 0.4) is 0 Å². The smallest absolute Gasteiger partial charge is 0.188 e. The zero-order chi connectivity index (χ0) is 12.5. The number of hydrogen-bond donors (Lipinski definition) is 0. The maximum Gasteiger partial charge on any atom is 0.188 e. The van der Waals surface area contributed by atoms with Crippen LogP contribution in [0.5, 0.6) is 0 Å². The fraction of sp³-hybridized carbons (Fsp3) is 1.00. The van der Waals surface area contributed by atoms with Gasteiger partial charge in [0.05, 0.1) is 13.2 Å². The summed E-state index contributed by atoms with van der Waals surface area (Å²) in [6.07, 6.45) is 6.22. The molecule has 1 aliphatic heterocycles. The van der Waals surface area contributed by atoms with E-state index in [-0.39, 0.29) is 0 Å². The van der Waals surface area contributed by atoms with Crippen molar-refractivity contribution in [2.75, 3.05) is 19.4 Å². The van der Waals surface area contributed by atoms with Crippen LogP contribution in [0.4, 0.5) is 0 Å². The van der Waals surface area contributed by atoms with E-state index >= 15 is 0 Å². The van der Waals surface area contributed by atoms with Crippen molar-refractivity contribution < 1.29 is 9.05 Å². The molecule has 0 unspecified atom stereocenters. The van der Waals surface area contributed by atoms with Crippen LogP contribution in [0.25, 0.3) is 0 Å². The molecule has 0 aromatic rings. The molecule has 4 heteroatoms. The van der Waals surface area contributed by atoms with Crippen molar-refractivity contribution >= 4 is 18.3 Å². The molecule has 0 spiro atoms. The Kier molecular flexibility index (Phi) is 4.35. The molecule has 0 atom stereocenters. The van der Waals surface area contributed by atoms with Crippen molar-refractivity contribution in [1.29, 1.82) is 0 Å². The quantitative estimate of drug-likeness (QED) is 0.704. The highest BCUT2D eigenvalue weighted by Crippen LogP contribution is 2.53. The minimum absolute atomic E-state index is 0.547. The summed E-state index contributed by atoms with van der Waals surface area (Å²) >= 11 is 5.41. The summed E-state index contributed by atoms with van der Waals surface area (Å²) in [7, 11) is 0. The molecule has 0 bridgehead atoms. The largest absolute Gasteiger partial charge is 0.329 e. The van der Waals surface area contributed by atoms with Gasteiger partial charge in [0, 0.05) is 12.1 Å². The molecule has 0 aromatic carbocycles. The third kappa shape index (κ3) is 3.53. The summed E-state index contributed by atoms with van der Waals surface area (Å²) in [5.41, 5.74) is 0.547. The van der Waals surface area contributed by atoms with E-state index in [2.05, 4.69) is 20.8 Å². The average molecular weight is 276 g/mol. The Bertz CT molecular complexity index is 295. The lowest BCUT2D eigenvalue weighted by atomic mass is 9.70. The minimum Gasteiger partial charge on any atom is -0.329 e. The van der Waals surface area contributed by atoms with Crippen LogP contribution in [0.1, 0.15) is 46.5 Å². The van der Waals surface area contributed by atoms with E-state index in [0.717, 1.165) is 25.3 Å². The fourth-order valence-electron chi connectivity index (χ4n) is 2.85. The van der Waals surface area contributed by atoms with Crippen molar-refractivity contribution in [3.63, 3.8) is 0 Å². The van der Waals surface area contributed by atoms with Gasteiger partial charge in [-0.05, 0) is 48.8 Å². The lowest BCUT2D eigenvalue weighted by molar-refractivity contribution is 0.0486. The fourth-order valence-corrected chi connectivity index (χ4v) is 4.49. The van der Waals surface area contributed by atoms with Crippen molar-refractivity contribution in [2.45, 2.75) is 46.5 Å². The highest BCUT2D eigenvalue weighted by atomic mass is 32.5. The lowest BCUT2D eigenvalue weighted by Gasteiger charge is -2.40. The van der Waals surface area contributed by atoms with Crippen LogP contribution in [0.2, 0.25) is 0 Å². The third-order valence-corrected chi connectivity index (χ3v) is 7.67. The molecule has 2 nitrogen and oxygen atoms in total. The van der Waals surface area contributed by atoms with E-state index in [1.807, 2.05) is 0 Å². The predicted molar refractivity (Wildman–Crippen MR) is 76.0 cm³/mol. The maximum atomic E-state index is 5.84. The Morgan fingerprint density at radius 3 is 2.12 bits per heavy atom. The molecule has 1 saturated heterocycles. The summed E-state index contributed by atoms with van der Waals surface area (Å²) in [5.74, 6) is 1.39. The average Bonchev–Trinajstić information content (AvgIpc) is 2.31. The van der Waals surface area contributed by atoms with Crippen LogP contribution in [0.15, 0.2) is 0 Å². The molecule has 100 valence electrons. The Labute approximate surface area is 111 Å². The summed E-state index contributed by atoms with van der Waals surface area (Å²) in [6.45, 7) is 6.65. The molecule has 17 heavy (non-hydrogen) atoms. The standard InChI is InChI=1S/C13H25O2PS/c1-4-16(17)14-9-12(10-15-16)11-5-7-13(2,3)8-6-11/h11-12H,4-10H2,1-3H3. The molecule has 0 amide bonds. The van der Waals surface area contributed by atoms with Crippen molar-refractivity contribution in [2.24, 2.45) is 17.3 Å². The van der Waals surface area contributed by atoms with Gasteiger partial charge in [-0.1, -0.05) is 20.8 Å². The first-order chi connectivity index (χ1) is 7.94. The van der Waals surface area contributed by atoms with E-state index in [1.165, 1.54) is 25.7 Å². The second-order valence-corrected chi connectivity index (χ2v) is 10.3. The lowest BCUT2D eigenvalue weighted by Crippen LogP contribution is -2.33. The second kappa shape index (κ2) is 5.28. The normalized spacial score (nSPS) is 39.1. The number of hydrogen-bond acceptors (Lipinski definition) is 3. The summed E-state index contributed by atoms with van der Waals surface area (Å²) in [6, 6.07) is 0. The third-order valence-electron chi connectivity index (χ3n) is 4.41. The van der Waals surface area contributed by atoms with Gasteiger partial charge in [-0.3, -0.25) is 0 Å². The van der Waals surface area contributed by atoms with Gasteiger partial charge in [0.2, 0.25) is 0 Å². The zero-order valence-corrected chi connectivity index (χ0v) is 13.0. The summed E-state index contributed by atoms with van der Waals surface area (Å²) in [5, 5.41) is 0. The first-order valence-electron chi connectivity index (χ1n) is 6.82. The van der Waals surface area contributed by atoms with Gasteiger partial charge < -0.3 is 9.05 Å². The van der Waals surface area contributed by atoms with Gasteiger partial charge >= 0.3 is 0 Å².